The minimum absolute atomic E-state index is 0.0775. The lowest BCUT2D eigenvalue weighted by Gasteiger charge is -2.14. The van der Waals surface area contributed by atoms with E-state index < -0.39 is 0 Å². The highest BCUT2D eigenvalue weighted by Gasteiger charge is 2.19. The van der Waals surface area contributed by atoms with Gasteiger partial charge in [0.05, 0.1) is 33.4 Å². The first-order chi connectivity index (χ1) is 7.69. The molecular weight excluding hydrogens is 210 g/mol. The molecule has 0 aliphatic rings. The maximum atomic E-state index is 11.6. The predicted molar refractivity (Wildman–Crippen MR) is 59.5 cm³/mol. The zero-order valence-electron chi connectivity index (χ0n) is 9.57. The number of ether oxygens (including phenoxy) is 3. The second kappa shape index (κ2) is 5.37. The van der Waals surface area contributed by atoms with Gasteiger partial charge >= 0.3 is 0 Å². The van der Waals surface area contributed by atoms with Crippen LogP contribution < -0.4 is 19.9 Å². The van der Waals surface area contributed by atoms with Crippen molar-refractivity contribution in [1.29, 1.82) is 0 Å². The Kier molecular flexibility index (Phi) is 4.13. The average Bonchev–Trinajstić information content (AvgIpc) is 2.35. The number of methoxy groups -OCH3 is 3. The van der Waals surface area contributed by atoms with Crippen LogP contribution in [0.2, 0.25) is 0 Å². The standard InChI is InChI=1S/C11H15NO4/c1-14-9-5-4-7(8(13)6-12)10(15-2)11(9)16-3/h4-5H,6,12H2,1-3H3. The molecule has 5 heteroatoms. The molecule has 0 amide bonds. The first-order valence-electron chi connectivity index (χ1n) is 4.71. The quantitative estimate of drug-likeness (QED) is 0.752. The van der Waals surface area contributed by atoms with Crippen molar-refractivity contribution in [3.05, 3.63) is 17.7 Å². The van der Waals surface area contributed by atoms with Crippen molar-refractivity contribution in [2.24, 2.45) is 5.73 Å². The van der Waals surface area contributed by atoms with Gasteiger partial charge in [-0.1, -0.05) is 0 Å². The summed E-state index contributed by atoms with van der Waals surface area (Å²) in [6.45, 7) is -0.0775. The van der Waals surface area contributed by atoms with Crippen molar-refractivity contribution in [2.75, 3.05) is 27.9 Å². The number of rotatable bonds is 5. The topological polar surface area (TPSA) is 70.8 Å². The number of nitrogens with two attached hydrogens (primary N) is 1. The van der Waals surface area contributed by atoms with Gasteiger partial charge in [-0.2, -0.15) is 0 Å². The van der Waals surface area contributed by atoms with Crippen LogP contribution in [0.1, 0.15) is 10.4 Å². The highest BCUT2D eigenvalue weighted by Crippen LogP contribution is 2.39. The van der Waals surface area contributed by atoms with E-state index in [1.165, 1.54) is 21.3 Å². The molecule has 1 aromatic carbocycles. The van der Waals surface area contributed by atoms with Gasteiger partial charge in [0.25, 0.3) is 0 Å². The lowest BCUT2D eigenvalue weighted by Crippen LogP contribution is -2.15. The summed E-state index contributed by atoms with van der Waals surface area (Å²) in [5.74, 6) is 1.03. The number of carbonyl (C=O) groups is 1. The van der Waals surface area contributed by atoms with Crippen LogP contribution in [0.3, 0.4) is 0 Å². The van der Waals surface area contributed by atoms with Crippen LogP contribution in [0.25, 0.3) is 0 Å². The van der Waals surface area contributed by atoms with Gasteiger partial charge in [0.15, 0.2) is 17.3 Å². The van der Waals surface area contributed by atoms with Crippen molar-refractivity contribution >= 4 is 5.78 Å². The van der Waals surface area contributed by atoms with Crippen LogP contribution in [0.4, 0.5) is 0 Å². The van der Waals surface area contributed by atoms with Crippen LogP contribution in [0, 0.1) is 0 Å². The Labute approximate surface area is 94.1 Å². The Hall–Kier alpha value is -1.75. The van der Waals surface area contributed by atoms with Gasteiger partial charge in [-0.3, -0.25) is 4.79 Å². The Morgan fingerprint density at radius 3 is 2.19 bits per heavy atom. The summed E-state index contributed by atoms with van der Waals surface area (Å²) in [5, 5.41) is 0. The number of ketones is 1. The number of hydrogen-bond donors (Lipinski definition) is 1. The normalized spacial score (nSPS) is 9.75. The fourth-order valence-corrected chi connectivity index (χ4v) is 1.43. The van der Waals surface area contributed by atoms with Crippen molar-refractivity contribution in [1.82, 2.24) is 0 Å². The van der Waals surface area contributed by atoms with Gasteiger partial charge in [-0.05, 0) is 12.1 Å². The van der Waals surface area contributed by atoms with E-state index in [2.05, 4.69) is 0 Å². The molecule has 0 saturated carbocycles. The van der Waals surface area contributed by atoms with E-state index in [1.54, 1.807) is 12.1 Å². The zero-order chi connectivity index (χ0) is 12.1. The molecule has 2 N–H and O–H groups in total. The maximum Gasteiger partial charge on any atom is 0.204 e. The molecule has 0 unspecified atom stereocenters. The van der Waals surface area contributed by atoms with Crippen LogP contribution >= 0.6 is 0 Å². The highest BCUT2D eigenvalue weighted by molar-refractivity contribution is 6.01. The first kappa shape index (κ1) is 12.3. The van der Waals surface area contributed by atoms with E-state index in [-0.39, 0.29) is 12.3 Å². The molecule has 0 aromatic heterocycles. The van der Waals surface area contributed by atoms with Gasteiger partial charge < -0.3 is 19.9 Å². The summed E-state index contributed by atoms with van der Waals surface area (Å²) in [7, 11) is 4.46. The molecule has 5 nitrogen and oxygen atoms in total. The predicted octanol–water partition coefficient (Wildman–Crippen LogP) is 0.854. The molecular formula is C11H15NO4. The smallest absolute Gasteiger partial charge is 0.204 e. The van der Waals surface area contributed by atoms with Gasteiger partial charge in [0.1, 0.15) is 0 Å². The van der Waals surface area contributed by atoms with E-state index >= 15 is 0 Å². The Morgan fingerprint density at radius 2 is 1.75 bits per heavy atom. The largest absolute Gasteiger partial charge is 0.493 e. The van der Waals surface area contributed by atoms with Crippen molar-refractivity contribution < 1.29 is 19.0 Å². The third-order valence-corrected chi connectivity index (χ3v) is 2.19. The van der Waals surface area contributed by atoms with E-state index in [1.807, 2.05) is 0 Å². The molecule has 16 heavy (non-hydrogen) atoms. The van der Waals surface area contributed by atoms with Gasteiger partial charge in [0, 0.05) is 0 Å². The van der Waals surface area contributed by atoms with E-state index in [0.29, 0.717) is 22.8 Å². The zero-order valence-corrected chi connectivity index (χ0v) is 9.57. The third kappa shape index (κ3) is 2.09. The number of benzene rings is 1. The summed E-state index contributed by atoms with van der Waals surface area (Å²) in [4.78, 5) is 11.6. The van der Waals surface area contributed by atoms with Crippen LogP contribution in [0.15, 0.2) is 12.1 Å². The molecule has 0 aliphatic heterocycles. The van der Waals surface area contributed by atoms with Crippen molar-refractivity contribution in [2.45, 2.75) is 0 Å². The lowest BCUT2D eigenvalue weighted by atomic mass is 10.1. The number of hydrogen-bond acceptors (Lipinski definition) is 5. The molecule has 0 heterocycles. The second-order valence-corrected chi connectivity index (χ2v) is 3.01. The minimum Gasteiger partial charge on any atom is -0.493 e. The Balaban J connectivity index is 3.37. The summed E-state index contributed by atoms with van der Waals surface area (Å²) in [5.41, 5.74) is 5.70. The summed E-state index contributed by atoms with van der Waals surface area (Å²) < 4.78 is 15.4. The Morgan fingerprint density at radius 1 is 1.12 bits per heavy atom. The summed E-state index contributed by atoms with van der Waals surface area (Å²) in [6, 6.07) is 3.25. The van der Waals surface area contributed by atoms with Crippen molar-refractivity contribution in [3.8, 4) is 17.2 Å². The van der Waals surface area contributed by atoms with Crippen LogP contribution in [-0.2, 0) is 0 Å². The fourth-order valence-electron chi connectivity index (χ4n) is 1.43. The lowest BCUT2D eigenvalue weighted by molar-refractivity contribution is 0.0997. The number of Topliss-reactive ketones (excluding diaryl/α,β-unsaturated/α-hetero) is 1. The number of carbonyl (C=O) groups excluding carboxylic acids is 1. The first-order valence-corrected chi connectivity index (χ1v) is 4.71. The second-order valence-electron chi connectivity index (χ2n) is 3.01. The fraction of sp³-hybridized carbons (Fsp3) is 0.364. The van der Waals surface area contributed by atoms with E-state index in [4.69, 9.17) is 19.9 Å². The molecule has 1 aromatic rings. The summed E-state index contributed by atoms with van der Waals surface area (Å²) >= 11 is 0. The monoisotopic (exact) mass is 225 g/mol. The molecule has 0 bridgehead atoms. The molecule has 0 atom stereocenters. The SMILES string of the molecule is COc1ccc(C(=O)CN)c(OC)c1OC. The van der Waals surface area contributed by atoms with Crippen LogP contribution in [-0.4, -0.2) is 33.7 Å². The molecule has 88 valence electrons. The molecule has 0 fully saturated rings. The van der Waals surface area contributed by atoms with E-state index in [0.717, 1.165) is 0 Å². The molecule has 0 radical (unpaired) electrons. The highest BCUT2D eigenvalue weighted by atomic mass is 16.5. The molecule has 1 rings (SSSR count). The Bertz CT molecular complexity index is 390. The van der Waals surface area contributed by atoms with E-state index in [9.17, 15) is 4.79 Å². The minimum atomic E-state index is -0.210. The molecule has 0 aliphatic carbocycles. The third-order valence-electron chi connectivity index (χ3n) is 2.19. The van der Waals surface area contributed by atoms with Gasteiger partial charge in [-0.25, -0.2) is 0 Å². The maximum absolute atomic E-state index is 11.6. The van der Waals surface area contributed by atoms with Gasteiger partial charge in [0.2, 0.25) is 5.75 Å². The average molecular weight is 225 g/mol. The van der Waals surface area contributed by atoms with Gasteiger partial charge in [-0.15, -0.1) is 0 Å². The molecule has 0 saturated heterocycles. The van der Waals surface area contributed by atoms with Crippen LogP contribution in [0.5, 0.6) is 17.2 Å². The van der Waals surface area contributed by atoms with Crippen molar-refractivity contribution in [3.63, 3.8) is 0 Å². The summed E-state index contributed by atoms with van der Waals surface area (Å²) in [6.07, 6.45) is 0. The molecule has 0 spiro atoms.